The SMILES string of the molecule is CC1CCN(C(=O)CC2COCCN2C(=O)c2ccc3c(c2)CCO3)CC1. The molecule has 1 unspecified atom stereocenters. The minimum atomic E-state index is -0.192. The second-order valence-electron chi connectivity index (χ2n) is 7.92. The van der Waals surface area contributed by atoms with Gasteiger partial charge in [0.2, 0.25) is 5.91 Å². The van der Waals surface area contributed by atoms with E-state index < -0.39 is 0 Å². The summed E-state index contributed by atoms with van der Waals surface area (Å²) in [6.45, 7) is 6.04. The Bertz CT molecular complexity index is 712. The molecule has 2 saturated heterocycles. The molecule has 0 bridgehead atoms. The van der Waals surface area contributed by atoms with Crippen LogP contribution >= 0.6 is 0 Å². The molecule has 2 amide bonds. The fourth-order valence-corrected chi connectivity index (χ4v) is 4.17. The van der Waals surface area contributed by atoms with Gasteiger partial charge >= 0.3 is 0 Å². The van der Waals surface area contributed by atoms with Crippen LogP contribution in [0.3, 0.4) is 0 Å². The maximum Gasteiger partial charge on any atom is 0.254 e. The number of rotatable bonds is 3. The Hall–Kier alpha value is -2.08. The van der Waals surface area contributed by atoms with E-state index in [4.69, 9.17) is 9.47 Å². The van der Waals surface area contributed by atoms with Crippen molar-refractivity contribution in [1.29, 1.82) is 0 Å². The lowest BCUT2D eigenvalue weighted by Crippen LogP contribution is -2.51. The molecule has 3 aliphatic heterocycles. The van der Waals surface area contributed by atoms with Crippen molar-refractivity contribution in [3.63, 3.8) is 0 Å². The Morgan fingerprint density at radius 2 is 1.96 bits per heavy atom. The zero-order valence-corrected chi connectivity index (χ0v) is 16.0. The third-order valence-electron chi connectivity index (χ3n) is 5.97. The van der Waals surface area contributed by atoms with Gasteiger partial charge in [-0.3, -0.25) is 9.59 Å². The summed E-state index contributed by atoms with van der Waals surface area (Å²) in [5.74, 6) is 1.68. The largest absolute Gasteiger partial charge is 0.493 e. The van der Waals surface area contributed by atoms with Crippen molar-refractivity contribution in [1.82, 2.24) is 9.80 Å². The summed E-state index contributed by atoms with van der Waals surface area (Å²) in [5.41, 5.74) is 1.76. The second kappa shape index (κ2) is 7.89. The summed E-state index contributed by atoms with van der Waals surface area (Å²) in [5, 5.41) is 0. The molecule has 0 aliphatic carbocycles. The number of carbonyl (C=O) groups excluding carboxylic acids is 2. The van der Waals surface area contributed by atoms with Gasteiger partial charge in [0.1, 0.15) is 5.75 Å². The molecule has 0 radical (unpaired) electrons. The number of hydrogen-bond acceptors (Lipinski definition) is 4. The van der Waals surface area contributed by atoms with Crippen LogP contribution in [0, 0.1) is 5.92 Å². The minimum Gasteiger partial charge on any atom is -0.493 e. The molecule has 1 aromatic carbocycles. The van der Waals surface area contributed by atoms with E-state index in [1.165, 1.54) is 0 Å². The van der Waals surface area contributed by atoms with Crippen molar-refractivity contribution in [2.24, 2.45) is 5.92 Å². The molecule has 27 heavy (non-hydrogen) atoms. The maximum absolute atomic E-state index is 13.1. The van der Waals surface area contributed by atoms with E-state index in [1.807, 2.05) is 28.0 Å². The average Bonchev–Trinajstić information content (AvgIpc) is 3.16. The number of hydrogen-bond donors (Lipinski definition) is 0. The van der Waals surface area contributed by atoms with Crippen molar-refractivity contribution in [2.45, 2.75) is 38.6 Å². The summed E-state index contributed by atoms with van der Waals surface area (Å²) in [6, 6.07) is 5.45. The number of amides is 2. The van der Waals surface area contributed by atoms with Gasteiger partial charge in [-0.05, 0) is 42.5 Å². The van der Waals surface area contributed by atoms with E-state index in [1.54, 1.807) is 0 Å². The minimum absolute atomic E-state index is 0.0157. The summed E-state index contributed by atoms with van der Waals surface area (Å²) in [6.07, 6.45) is 3.31. The van der Waals surface area contributed by atoms with Crippen molar-refractivity contribution >= 4 is 11.8 Å². The highest BCUT2D eigenvalue weighted by Crippen LogP contribution is 2.27. The van der Waals surface area contributed by atoms with Crippen LogP contribution in [0.1, 0.15) is 42.1 Å². The van der Waals surface area contributed by atoms with Crippen LogP contribution in [0.15, 0.2) is 18.2 Å². The topological polar surface area (TPSA) is 59.1 Å². The first kappa shape index (κ1) is 18.3. The molecule has 146 valence electrons. The Labute approximate surface area is 160 Å². The fraction of sp³-hybridized carbons (Fsp3) is 0.619. The number of carbonyl (C=O) groups is 2. The Kier molecular flexibility index (Phi) is 5.34. The lowest BCUT2D eigenvalue weighted by atomic mass is 9.98. The predicted octanol–water partition coefficient (Wildman–Crippen LogP) is 2.11. The highest BCUT2D eigenvalue weighted by Gasteiger charge is 2.32. The van der Waals surface area contributed by atoms with Crippen LogP contribution in [-0.4, -0.2) is 67.1 Å². The van der Waals surface area contributed by atoms with Gasteiger partial charge in [0.05, 0.1) is 25.9 Å². The van der Waals surface area contributed by atoms with E-state index in [0.717, 1.165) is 43.7 Å². The molecule has 0 aromatic heterocycles. The lowest BCUT2D eigenvalue weighted by Gasteiger charge is -2.37. The molecule has 6 heteroatoms. The first-order valence-electron chi connectivity index (χ1n) is 10.0. The number of morpholine rings is 1. The highest BCUT2D eigenvalue weighted by molar-refractivity contribution is 5.95. The average molecular weight is 372 g/mol. The number of nitrogens with zero attached hydrogens (tertiary/aromatic N) is 2. The molecule has 4 rings (SSSR count). The van der Waals surface area contributed by atoms with Gasteiger partial charge in [-0.2, -0.15) is 0 Å². The molecule has 0 spiro atoms. The fourth-order valence-electron chi connectivity index (χ4n) is 4.17. The van der Waals surface area contributed by atoms with E-state index in [9.17, 15) is 9.59 Å². The van der Waals surface area contributed by atoms with Gasteiger partial charge in [0, 0.05) is 38.0 Å². The summed E-state index contributed by atoms with van der Waals surface area (Å²) in [4.78, 5) is 29.6. The molecule has 0 saturated carbocycles. The van der Waals surface area contributed by atoms with Gasteiger partial charge in [0.25, 0.3) is 5.91 Å². The summed E-state index contributed by atoms with van der Waals surface area (Å²) in [7, 11) is 0. The molecule has 1 atom stereocenters. The molecular formula is C21H28N2O4. The smallest absolute Gasteiger partial charge is 0.254 e. The van der Waals surface area contributed by atoms with Crippen molar-refractivity contribution in [3.05, 3.63) is 29.3 Å². The van der Waals surface area contributed by atoms with E-state index in [-0.39, 0.29) is 17.9 Å². The van der Waals surface area contributed by atoms with Crippen LogP contribution in [0.5, 0.6) is 5.75 Å². The van der Waals surface area contributed by atoms with E-state index in [0.29, 0.717) is 44.3 Å². The van der Waals surface area contributed by atoms with Crippen LogP contribution in [-0.2, 0) is 16.0 Å². The van der Waals surface area contributed by atoms with Crippen LogP contribution in [0.4, 0.5) is 0 Å². The van der Waals surface area contributed by atoms with Crippen molar-refractivity contribution in [3.8, 4) is 5.75 Å². The van der Waals surface area contributed by atoms with E-state index >= 15 is 0 Å². The van der Waals surface area contributed by atoms with Crippen LogP contribution in [0.25, 0.3) is 0 Å². The van der Waals surface area contributed by atoms with Gasteiger partial charge in [-0.25, -0.2) is 0 Å². The van der Waals surface area contributed by atoms with Gasteiger partial charge in [-0.15, -0.1) is 0 Å². The predicted molar refractivity (Wildman–Crippen MR) is 101 cm³/mol. The number of benzene rings is 1. The Morgan fingerprint density at radius 3 is 2.78 bits per heavy atom. The zero-order chi connectivity index (χ0) is 18.8. The third kappa shape index (κ3) is 3.95. The zero-order valence-electron chi connectivity index (χ0n) is 16.0. The number of ether oxygens (including phenoxy) is 2. The van der Waals surface area contributed by atoms with Crippen LogP contribution < -0.4 is 4.74 Å². The highest BCUT2D eigenvalue weighted by atomic mass is 16.5. The number of fused-ring (bicyclic) bond motifs is 1. The first-order valence-corrected chi connectivity index (χ1v) is 10.0. The van der Waals surface area contributed by atoms with Crippen LogP contribution in [0.2, 0.25) is 0 Å². The van der Waals surface area contributed by atoms with Crippen molar-refractivity contribution < 1.29 is 19.1 Å². The molecule has 3 heterocycles. The van der Waals surface area contributed by atoms with Gasteiger partial charge < -0.3 is 19.3 Å². The standard InChI is InChI=1S/C21H28N2O4/c1-15-4-7-22(8-5-15)20(24)13-18-14-26-11-9-23(18)21(25)17-2-3-19-16(12-17)6-10-27-19/h2-3,12,15,18H,4-11,13-14H2,1H3. The monoisotopic (exact) mass is 372 g/mol. The second-order valence-corrected chi connectivity index (χ2v) is 7.92. The van der Waals surface area contributed by atoms with Gasteiger partial charge in [-0.1, -0.05) is 6.92 Å². The molecule has 2 fully saturated rings. The van der Waals surface area contributed by atoms with Gasteiger partial charge in [0.15, 0.2) is 0 Å². The normalized spacial score (nSPS) is 23.1. The maximum atomic E-state index is 13.1. The molecule has 1 aromatic rings. The first-order chi connectivity index (χ1) is 13.1. The summed E-state index contributed by atoms with van der Waals surface area (Å²) < 4.78 is 11.1. The Balaban J connectivity index is 1.44. The Morgan fingerprint density at radius 1 is 1.15 bits per heavy atom. The lowest BCUT2D eigenvalue weighted by molar-refractivity contribution is -0.135. The number of likely N-dealkylation sites (tertiary alicyclic amines) is 1. The van der Waals surface area contributed by atoms with E-state index in [2.05, 4.69) is 6.92 Å². The third-order valence-corrected chi connectivity index (χ3v) is 5.97. The molecule has 6 nitrogen and oxygen atoms in total. The molecule has 3 aliphatic rings. The molecular weight excluding hydrogens is 344 g/mol. The quantitative estimate of drug-likeness (QED) is 0.815. The number of piperidine rings is 1. The summed E-state index contributed by atoms with van der Waals surface area (Å²) >= 11 is 0. The van der Waals surface area contributed by atoms with Crippen molar-refractivity contribution in [2.75, 3.05) is 39.5 Å². The molecule has 0 N–H and O–H groups in total.